The maximum atomic E-state index is 14.1. The van der Waals surface area contributed by atoms with Crippen LogP contribution in [-0.4, -0.2) is 29.2 Å². The fourth-order valence-electron chi connectivity index (χ4n) is 5.06. The summed E-state index contributed by atoms with van der Waals surface area (Å²) in [5.41, 5.74) is 1.84. The quantitative estimate of drug-likeness (QED) is 0.120. The zero-order chi connectivity index (χ0) is 31.7. The van der Waals surface area contributed by atoms with E-state index in [1.165, 1.54) is 16.7 Å². The van der Waals surface area contributed by atoms with E-state index < -0.39 is 16.9 Å². The van der Waals surface area contributed by atoms with Gasteiger partial charge >= 0.3 is 5.97 Å². The molecule has 1 aliphatic rings. The average Bonchev–Trinajstić information content (AvgIpc) is 3.65. The number of aromatic nitrogens is 1. The van der Waals surface area contributed by atoms with Gasteiger partial charge in [-0.1, -0.05) is 65.4 Å². The predicted molar refractivity (Wildman–Crippen MR) is 170 cm³/mol. The zero-order valence-corrected chi connectivity index (χ0v) is 25.5. The van der Waals surface area contributed by atoms with Crippen LogP contribution in [0.2, 0.25) is 5.02 Å². The number of carbonyl (C=O) groups excluding carboxylic acids is 1. The van der Waals surface area contributed by atoms with E-state index in [4.69, 9.17) is 30.5 Å². The number of benzene rings is 3. The molecule has 2 aromatic heterocycles. The molecule has 3 aromatic carbocycles. The SMILES string of the molecule is CCOC(=O)C1=C(c2ccccc2)N=c2s/c(=C\c3ccc(-c4ccc(Cl)c([N+](=O)[O-])c4)o3)c(=O)n2[C@@H]1c1ccc(OC)cc1. The number of nitro groups is 1. The largest absolute Gasteiger partial charge is 0.497 e. The van der Waals surface area contributed by atoms with E-state index in [2.05, 4.69) is 0 Å². The molecule has 0 radical (unpaired) electrons. The molecule has 12 heteroatoms. The first kappa shape index (κ1) is 29.8. The molecule has 0 spiro atoms. The van der Waals surface area contributed by atoms with E-state index >= 15 is 0 Å². The van der Waals surface area contributed by atoms with Gasteiger partial charge in [0.1, 0.15) is 22.3 Å². The molecule has 0 aliphatic carbocycles. The Hall–Kier alpha value is -5.26. The van der Waals surface area contributed by atoms with Crippen LogP contribution in [0.15, 0.2) is 105 Å². The minimum Gasteiger partial charge on any atom is -0.497 e. The van der Waals surface area contributed by atoms with Gasteiger partial charge in [-0.2, -0.15) is 0 Å². The molecular formula is C33H24ClN3O7S. The van der Waals surface area contributed by atoms with Gasteiger partial charge in [0.25, 0.3) is 11.2 Å². The number of furan rings is 1. The number of rotatable bonds is 8. The normalized spacial score (nSPS) is 14.6. The number of methoxy groups -OCH3 is 1. The Labute approximate surface area is 264 Å². The lowest BCUT2D eigenvalue weighted by Crippen LogP contribution is -2.40. The molecule has 0 amide bonds. The third-order valence-electron chi connectivity index (χ3n) is 7.13. The molecule has 0 saturated heterocycles. The van der Waals surface area contributed by atoms with Gasteiger partial charge in [-0.15, -0.1) is 0 Å². The van der Waals surface area contributed by atoms with Crippen molar-refractivity contribution in [3.05, 3.63) is 142 Å². The third-order valence-corrected chi connectivity index (χ3v) is 8.44. The number of nitro benzene ring substituents is 1. The lowest BCUT2D eigenvalue weighted by atomic mass is 9.93. The second-order valence-corrected chi connectivity index (χ2v) is 11.2. The topological polar surface area (TPSA) is 126 Å². The molecular weight excluding hydrogens is 618 g/mol. The van der Waals surface area contributed by atoms with Crippen molar-refractivity contribution in [2.45, 2.75) is 13.0 Å². The molecule has 0 unspecified atom stereocenters. The number of ether oxygens (including phenoxy) is 2. The van der Waals surface area contributed by atoms with E-state index in [9.17, 15) is 19.7 Å². The predicted octanol–water partition coefficient (Wildman–Crippen LogP) is 5.77. The summed E-state index contributed by atoms with van der Waals surface area (Å²) in [5, 5.41) is 11.4. The van der Waals surface area contributed by atoms with Crippen LogP contribution in [0.1, 0.15) is 29.9 Å². The number of halogens is 1. The van der Waals surface area contributed by atoms with E-state index in [0.717, 1.165) is 11.3 Å². The lowest BCUT2D eigenvalue weighted by molar-refractivity contribution is -0.384. The zero-order valence-electron chi connectivity index (χ0n) is 23.9. The van der Waals surface area contributed by atoms with Crippen molar-refractivity contribution in [2.24, 2.45) is 4.99 Å². The van der Waals surface area contributed by atoms with Crippen LogP contribution in [0.3, 0.4) is 0 Å². The van der Waals surface area contributed by atoms with E-state index in [1.807, 2.05) is 30.3 Å². The minimum absolute atomic E-state index is 0.0140. The van der Waals surface area contributed by atoms with Gasteiger partial charge in [0.15, 0.2) is 4.80 Å². The van der Waals surface area contributed by atoms with Gasteiger partial charge in [-0.05, 0) is 48.9 Å². The molecule has 0 bridgehead atoms. The Morgan fingerprint density at radius 2 is 1.84 bits per heavy atom. The molecule has 10 nitrogen and oxygen atoms in total. The summed E-state index contributed by atoms with van der Waals surface area (Å²) in [5.74, 6) is 0.751. The number of thiazole rings is 1. The van der Waals surface area contributed by atoms with Crippen LogP contribution in [0, 0.1) is 10.1 Å². The summed E-state index contributed by atoms with van der Waals surface area (Å²) in [6, 6.07) is 23.3. The molecule has 0 saturated carbocycles. The first-order chi connectivity index (χ1) is 21.8. The average molecular weight is 642 g/mol. The van der Waals surface area contributed by atoms with Crippen LogP contribution >= 0.6 is 22.9 Å². The van der Waals surface area contributed by atoms with Crippen LogP contribution in [0.5, 0.6) is 5.75 Å². The molecule has 1 aliphatic heterocycles. The first-order valence-electron chi connectivity index (χ1n) is 13.8. The van der Waals surface area contributed by atoms with Crippen LogP contribution in [0.25, 0.3) is 23.1 Å². The van der Waals surface area contributed by atoms with Crippen LogP contribution < -0.4 is 19.6 Å². The minimum atomic E-state index is -0.842. The number of fused-ring (bicyclic) bond motifs is 1. The van der Waals surface area contributed by atoms with Crippen molar-refractivity contribution >= 4 is 46.4 Å². The number of esters is 1. The summed E-state index contributed by atoms with van der Waals surface area (Å²) in [7, 11) is 1.56. The number of hydrogen-bond donors (Lipinski definition) is 0. The number of carbonyl (C=O) groups is 1. The second kappa shape index (κ2) is 12.4. The molecule has 5 aromatic rings. The highest BCUT2D eigenvalue weighted by Crippen LogP contribution is 2.36. The second-order valence-electron chi connectivity index (χ2n) is 9.83. The maximum Gasteiger partial charge on any atom is 0.338 e. The fraction of sp³-hybridized carbons (Fsp3) is 0.121. The smallest absolute Gasteiger partial charge is 0.338 e. The summed E-state index contributed by atoms with van der Waals surface area (Å²) in [4.78, 5) is 43.7. The van der Waals surface area contributed by atoms with E-state index in [-0.39, 0.29) is 28.4 Å². The lowest BCUT2D eigenvalue weighted by Gasteiger charge is -2.26. The molecule has 1 atom stereocenters. The van der Waals surface area contributed by atoms with Gasteiger partial charge in [0.2, 0.25) is 0 Å². The summed E-state index contributed by atoms with van der Waals surface area (Å²) in [6.07, 6.45) is 1.58. The first-order valence-corrected chi connectivity index (χ1v) is 14.9. The van der Waals surface area contributed by atoms with Crippen LogP contribution in [0.4, 0.5) is 5.69 Å². The molecule has 0 fully saturated rings. The van der Waals surface area contributed by atoms with Crippen LogP contribution in [-0.2, 0) is 9.53 Å². The third kappa shape index (κ3) is 5.70. The molecule has 45 heavy (non-hydrogen) atoms. The van der Waals surface area contributed by atoms with Crippen molar-refractivity contribution in [1.82, 2.24) is 4.57 Å². The Morgan fingerprint density at radius 3 is 2.53 bits per heavy atom. The Bertz CT molecular complexity index is 2150. The van der Waals surface area contributed by atoms with Gasteiger partial charge < -0.3 is 13.9 Å². The van der Waals surface area contributed by atoms with E-state index in [0.29, 0.717) is 49.0 Å². The van der Waals surface area contributed by atoms with Gasteiger partial charge in [-0.3, -0.25) is 19.5 Å². The van der Waals surface area contributed by atoms with Gasteiger partial charge in [0, 0.05) is 23.3 Å². The number of nitrogens with zero attached hydrogens (tertiary/aromatic N) is 3. The monoisotopic (exact) mass is 641 g/mol. The highest BCUT2D eigenvalue weighted by atomic mass is 35.5. The summed E-state index contributed by atoms with van der Waals surface area (Å²) >= 11 is 7.12. The summed E-state index contributed by atoms with van der Waals surface area (Å²) in [6.45, 7) is 1.86. The van der Waals surface area contributed by atoms with Crippen molar-refractivity contribution in [2.75, 3.05) is 13.7 Å². The molecule has 226 valence electrons. The molecule has 6 rings (SSSR count). The van der Waals surface area contributed by atoms with Crippen molar-refractivity contribution in [1.29, 1.82) is 0 Å². The Balaban J connectivity index is 1.53. The Morgan fingerprint density at radius 1 is 1.09 bits per heavy atom. The van der Waals surface area contributed by atoms with Gasteiger partial charge in [0.05, 0.1) is 40.5 Å². The van der Waals surface area contributed by atoms with E-state index in [1.54, 1.807) is 62.6 Å². The highest BCUT2D eigenvalue weighted by Gasteiger charge is 2.35. The van der Waals surface area contributed by atoms with Crippen molar-refractivity contribution in [3.8, 4) is 17.1 Å². The molecule has 3 heterocycles. The maximum absolute atomic E-state index is 14.1. The van der Waals surface area contributed by atoms with Gasteiger partial charge in [-0.25, -0.2) is 9.79 Å². The van der Waals surface area contributed by atoms with Crippen molar-refractivity contribution in [3.63, 3.8) is 0 Å². The molecule has 0 N–H and O–H groups in total. The highest BCUT2D eigenvalue weighted by molar-refractivity contribution is 7.07. The Kier molecular flexibility index (Phi) is 8.20. The fourth-order valence-corrected chi connectivity index (χ4v) is 6.23. The van der Waals surface area contributed by atoms with Crippen molar-refractivity contribution < 1.29 is 23.6 Å². The standard InChI is InChI=1S/C33H24ClN3O7S/c1-3-43-32(39)28-29(19-7-5-4-6-8-19)35-33-36(30(28)20-9-12-22(42-2)13-10-20)31(38)27(45-33)18-23-14-16-26(44-23)21-11-15-24(34)25(17-21)37(40)41/h4-18,30H,3H2,1-2H3/b27-18-/t30-/m1/s1. The number of hydrogen-bond acceptors (Lipinski definition) is 9. The summed E-state index contributed by atoms with van der Waals surface area (Å²) < 4.78 is 18.6.